The molecule has 0 amide bonds. The van der Waals surface area contributed by atoms with Crippen LogP contribution in [0.5, 0.6) is 0 Å². The van der Waals surface area contributed by atoms with Gasteiger partial charge in [0, 0.05) is 30.1 Å². The van der Waals surface area contributed by atoms with E-state index in [-0.39, 0.29) is 31.0 Å². The first-order valence-corrected chi connectivity index (χ1v) is 18.0. The van der Waals surface area contributed by atoms with Gasteiger partial charge in [0.25, 0.3) is 0 Å². The van der Waals surface area contributed by atoms with E-state index in [1.165, 1.54) is 26.0 Å². The van der Waals surface area contributed by atoms with Gasteiger partial charge in [-0.25, -0.2) is 0 Å². The molecule has 0 aromatic rings. The molecule has 0 radical (unpaired) electrons. The molecule has 5 rings (SSSR count). The largest absolute Gasteiger partial charge is 0.456 e. The highest BCUT2D eigenvalue weighted by atomic mass is 16.7. The van der Waals surface area contributed by atoms with Crippen molar-refractivity contribution < 1.29 is 64.3 Å². The van der Waals surface area contributed by atoms with Crippen LogP contribution in [-0.4, -0.2) is 120 Å². The van der Waals surface area contributed by atoms with Crippen LogP contribution >= 0.6 is 0 Å². The van der Waals surface area contributed by atoms with Gasteiger partial charge in [0.1, 0.15) is 41.4 Å². The van der Waals surface area contributed by atoms with E-state index >= 15 is 0 Å². The minimum Gasteiger partial charge on any atom is -0.456 e. The first-order chi connectivity index (χ1) is 23.3. The number of hydrogen-bond acceptors (Lipinski definition) is 13. The number of ether oxygens (including phenoxy) is 3. The number of aliphatic hydroxyl groups is 7. The van der Waals surface area contributed by atoms with Crippen LogP contribution in [0.4, 0.5) is 0 Å². The fraction of sp³-hybridized carbons (Fsp3) is 0.816. The molecule has 0 bridgehead atoms. The fourth-order valence-electron chi connectivity index (χ4n) is 11.0. The normalized spacial score (nSPS) is 46.4. The molecule has 1 saturated heterocycles. The lowest BCUT2D eigenvalue weighted by Crippen LogP contribution is -2.66. The SMILES string of the molecule is CC(=O)OC(C)(C)/C=C/C(=O)C(C)(O)C1C(O)CC2(C)C3CC=C4C(CC(OC5OC(CO)C(O)C(O)C5O)C(O)C4(C)C)C3(C)C(=O)CC12C. The molecule has 0 spiro atoms. The summed E-state index contributed by atoms with van der Waals surface area (Å²) in [7, 11) is 0. The number of fused-ring (bicyclic) bond motifs is 5. The second kappa shape index (κ2) is 13.1. The van der Waals surface area contributed by atoms with Crippen molar-refractivity contribution in [1.29, 1.82) is 0 Å². The predicted molar refractivity (Wildman–Crippen MR) is 181 cm³/mol. The molecular weight excluding hydrogens is 664 g/mol. The van der Waals surface area contributed by atoms with E-state index in [2.05, 4.69) is 6.08 Å². The van der Waals surface area contributed by atoms with Gasteiger partial charge >= 0.3 is 5.97 Å². The Morgan fingerprint density at radius 2 is 1.63 bits per heavy atom. The summed E-state index contributed by atoms with van der Waals surface area (Å²) in [6.07, 6.45) is -5.36. The smallest absolute Gasteiger partial charge is 0.303 e. The van der Waals surface area contributed by atoms with E-state index in [0.717, 1.165) is 5.57 Å². The summed E-state index contributed by atoms with van der Waals surface area (Å²) in [4.78, 5) is 40.0. The third-order valence-electron chi connectivity index (χ3n) is 13.9. The molecule has 4 fully saturated rings. The van der Waals surface area contributed by atoms with Gasteiger partial charge in [-0.05, 0) is 74.9 Å². The molecule has 5 aliphatic rings. The lowest BCUT2D eigenvalue weighted by atomic mass is 9.38. The summed E-state index contributed by atoms with van der Waals surface area (Å²) in [5.41, 5.74) is -5.94. The van der Waals surface area contributed by atoms with Crippen LogP contribution in [0.2, 0.25) is 0 Å². The second-order valence-corrected chi connectivity index (χ2v) is 17.8. The van der Waals surface area contributed by atoms with Crippen LogP contribution in [0.15, 0.2) is 23.8 Å². The van der Waals surface area contributed by atoms with E-state index in [1.807, 2.05) is 34.6 Å². The molecule has 4 aliphatic carbocycles. The molecule has 15 atom stereocenters. The Hall–Kier alpha value is -2.07. The topological polar surface area (TPSA) is 221 Å². The van der Waals surface area contributed by atoms with Gasteiger partial charge in [-0.1, -0.05) is 46.3 Å². The molecular formula is C38H58O13. The number of Topliss-reactive ketones (excluding diaryl/α,β-unsaturated/α-hetero) is 1. The van der Waals surface area contributed by atoms with Gasteiger partial charge < -0.3 is 50.0 Å². The number of hydrogen-bond donors (Lipinski definition) is 7. The molecule has 0 aromatic carbocycles. The molecule has 13 nitrogen and oxygen atoms in total. The maximum atomic E-state index is 14.8. The van der Waals surface area contributed by atoms with Crippen LogP contribution in [0.3, 0.4) is 0 Å². The summed E-state index contributed by atoms with van der Waals surface area (Å²) < 4.78 is 17.0. The fourth-order valence-corrected chi connectivity index (χ4v) is 11.0. The Balaban J connectivity index is 1.48. The van der Waals surface area contributed by atoms with E-state index in [1.54, 1.807) is 13.8 Å². The number of allylic oxidation sites excluding steroid dienone is 1. The maximum absolute atomic E-state index is 14.8. The van der Waals surface area contributed by atoms with Crippen LogP contribution in [0, 0.1) is 39.4 Å². The first kappa shape index (κ1) is 40.1. The minimum atomic E-state index is -2.07. The first-order valence-electron chi connectivity index (χ1n) is 18.0. The standard InChI is InChI=1S/C38H58O13/c1-18(40)51-33(2,3)13-12-25(42)38(9,48)30-21(41)15-35(6)24-11-10-19-20(37(24,8)26(43)16-36(30,35)7)14-22(31(47)34(19,4)5)49-32-29(46)28(45)27(44)23(17-39)50-32/h10,12-13,20-24,27-32,39,41,44-48H,11,14-17H2,1-9H3/b13-12+. The Labute approximate surface area is 299 Å². The zero-order valence-corrected chi connectivity index (χ0v) is 31.2. The Morgan fingerprint density at radius 1 is 1.00 bits per heavy atom. The summed E-state index contributed by atoms with van der Waals surface area (Å²) in [6.45, 7) is 14.7. The molecule has 51 heavy (non-hydrogen) atoms. The number of rotatable bonds is 8. The summed E-state index contributed by atoms with van der Waals surface area (Å²) in [5.74, 6) is -3.10. The number of esters is 1. The predicted octanol–water partition coefficient (Wildman–Crippen LogP) is 1.12. The van der Waals surface area contributed by atoms with Crippen molar-refractivity contribution in [2.75, 3.05) is 6.61 Å². The van der Waals surface area contributed by atoms with Gasteiger partial charge in [0.2, 0.25) is 0 Å². The molecule has 288 valence electrons. The zero-order chi connectivity index (χ0) is 38.4. The van der Waals surface area contributed by atoms with Crippen LogP contribution in [0.25, 0.3) is 0 Å². The van der Waals surface area contributed by atoms with Gasteiger partial charge in [-0.2, -0.15) is 0 Å². The third-order valence-corrected chi connectivity index (χ3v) is 13.9. The molecule has 3 saturated carbocycles. The Bertz CT molecular complexity index is 1460. The quantitative estimate of drug-likeness (QED) is 0.106. The summed E-state index contributed by atoms with van der Waals surface area (Å²) >= 11 is 0. The van der Waals surface area contributed by atoms with Crippen LogP contribution in [0.1, 0.15) is 88.0 Å². The van der Waals surface area contributed by atoms with Gasteiger partial charge in [0.15, 0.2) is 12.1 Å². The van der Waals surface area contributed by atoms with Crippen molar-refractivity contribution in [3.63, 3.8) is 0 Å². The van der Waals surface area contributed by atoms with E-state index in [4.69, 9.17) is 14.2 Å². The van der Waals surface area contributed by atoms with Gasteiger partial charge in [-0.3, -0.25) is 14.4 Å². The Kier molecular flexibility index (Phi) is 10.3. The van der Waals surface area contributed by atoms with Crippen molar-refractivity contribution in [1.82, 2.24) is 0 Å². The molecule has 1 aliphatic heterocycles. The number of carbonyl (C=O) groups is 3. The summed E-state index contributed by atoms with van der Waals surface area (Å²) in [5, 5.41) is 76.4. The third kappa shape index (κ3) is 6.08. The van der Waals surface area contributed by atoms with E-state index < -0.39 is 112 Å². The average molecular weight is 723 g/mol. The second-order valence-electron chi connectivity index (χ2n) is 17.8. The molecule has 13 heteroatoms. The summed E-state index contributed by atoms with van der Waals surface area (Å²) in [6, 6.07) is 0. The molecule has 15 unspecified atom stereocenters. The molecule has 0 aromatic heterocycles. The molecule has 7 N–H and O–H groups in total. The number of ketones is 2. The lowest BCUT2D eigenvalue weighted by Gasteiger charge is -2.65. The van der Waals surface area contributed by atoms with Crippen LogP contribution in [-0.2, 0) is 28.6 Å². The maximum Gasteiger partial charge on any atom is 0.303 e. The molecule has 1 heterocycles. The van der Waals surface area contributed by atoms with E-state index in [0.29, 0.717) is 6.42 Å². The van der Waals surface area contributed by atoms with Gasteiger partial charge in [-0.15, -0.1) is 0 Å². The van der Waals surface area contributed by atoms with Gasteiger partial charge in [0.05, 0.1) is 24.9 Å². The monoisotopic (exact) mass is 722 g/mol. The average Bonchev–Trinajstić information content (AvgIpc) is 3.22. The Morgan fingerprint density at radius 3 is 2.22 bits per heavy atom. The van der Waals surface area contributed by atoms with Crippen molar-refractivity contribution in [2.24, 2.45) is 39.4 Å². The number of carbonyl (C=O) groups excluding carboxylic acids is 3. The lowest BCUT2D eigenvalue weighted by molar-refractivity contribution is -0.323. The highest BCUT2D eigenvalue weighted by Gasteiger charge is 2.74. The number of aliphatic hydroxyl groups excluding tert-OH is 6. The minimum absolute atomic E-state index is 0.0324. The van der Waals surface area contributed by atoms with Crippen LogP contribution < -0.4 is 0 Å². The van der Waals surface area contributed by atoms with Crippen molar-refractivity contribution in [3.05, 3.63) is 23.8 Å². The van der Waals surface area contributed by atoms with Crippen molar-refractivity contribution in [3.8, 4) is 0 Å². The van der Waals surface area contributed by atoms with Crippen molar-refractivity contribution >= 4 is 17.5 Å². The van der Waals surface area contributed by atoms with E-state index in [9.17, 15) is 50.1 Å². The highest BCUT2D eigenvalue weighted by Crippen LogP contribution is 2.74. The highest BCUT2D eigenvalue weighted by molar-refractivity contribution is 5.97. The van der Waals surface area contributed by atoms with Crippen molar-refractivity contribution in [2.45, 2.75) is 148 Å². The zero-order valence-electron chi connectivity index (χ0n) is 31.2.